The number of hydrogen-bond donors (Lipinski definition) is 0. The Morgan fingerprint density at radius 1 is 0.909 bits per heavy atom. The van der Waals surface area contributed by atoms with Crippen LogP contribution in [0.3, 0.4) is 0 Å². The Balaban J connectivity index is 0.00000306. The van der Waals surface area contributed by atoms with E-state index in [0.717, 1.165) is 54.9 Å². The molecule has 0 radical (unpaired) electrons. The molecular weight excluding hydrogens is 451 g/mol. The summed E-state index contributed by atoms with van der Waals surface area (Å²) in [5.74, 6) is 1.42. The molecule has 3 aromatic carbocycles. The number of ether oxygens (including phenoxy) is 2. The maximum Gasteiger partial charge on any atom is 0.416 e. The SMILES string of the molecule is COc1cc2ccc(CCN3CC=C(c4cccc(C(F)(F)F)c4)CC3)cc2cc1OC.Cl. The molecule has 0 saturated carbocycles. The Morgan fingerprint density at radius 3 is 2.27 bits per heavy atom. The standard InChI is InChI=1S/C26H26F3NO2.ClH/c1-31-24-16-21-7-6-18(14-22(21)17-25(24)32-2)8-11-30-12-9-19(10-13-30)20-4-3-5-23(15-20)26(27,28)29;/h3-7,9,14-17H,8,10-13H2,1-2H3;1H. The lowest BCUT2D eigenvalue weighted by molar-refractivity contribution is -0.137. The number of halogens is 4. The lowest BCUT2D eigenvalue weighted by Gasteiger charge is -2.26. The third kappa shape index (κ3) is 5.81. The molecule has 0 N–H and O–H groups in total. The molecule has 0 amide bonds. The average Bonchev–Trinajstić information content (AvgIpc) is 2.81. The summed E-state index contributed by atoms with van der Waals surface area (Å²) in [6, 6.07) is 16.0. The topological polar surface area (TPSA) is 21.7 Å². The van der Waals surface area contributed by atoms with E-state index in [9.17, 15) is 13.2 Å². The lowest BCUT2D eigenvalue weighted by Crippen LogP contribution is -2.30. The van der Waals surface area contributed by atoms with Crippen molar-refractivity contribution in [3.8, 4) is 11.5 Å². The zero-order valence-corrected chi connectivity index (χ0v) is 19.4. The van der Waals surface area contributed by atoms with Gasteiger partial charge in [0.05, 0.1) is 19.8 Å². The first kappa shape index (κ1) is 24.9. The zero-order valence-electron chi connectivity index (χ0n) is 18.6. The van der Waals surface area contributed by atoms with Gasteiger partial charge in [0.15, 0.2) is 11.5 Å². The zero-order chi connectivity index (χ0) is 22.7. The van der Waals surface area contributed by atoms with Crippen molar-refractivity contribution in [1.29, 1.82) is 0 Å². The highest BCUT2D eigenvalue weighted by atomic mass is 35.5. The summed E-state index contributed by atoms with van der Waals surface area (Å²) in [6.45, 7) is 2.47. The Kier molecular flexibility index (Phi) is 7.92. The maximum atomic E-state index is 13.0. The molecule has 0 aliphatic carbocycles. The molecule has 33 heavy (non-hydrogen) atoms. The molecule has 4 rings (SSSR count). The molecule has 1 aliphatic rings. The minimum Gasteiger partial charge on any atom is -0.493 e. The number of fused-ring (bicyclic) bond motifs is 1. The largest absolute Gasteiger partial charge is 0.493 e. The van der Waals surface area contributed by atoms with Crippen LogP contribution in [0.4, 0.5) is 13.2 Å². The number of nitrogens with zero attached hydrogens (tertiary/aromatic N) is 1. The monoisotopic (exact) mass is 477 g/mol. The van der Waals surface area contributed by atoms with Gasteiger partial charge in [-0.25, -0.2) is 0 Å². The third-order valence-electron chi connectivity index (χ3n) is 5.98. The van der Waals surface area contributed by atoms with E-state index in [0.29, 0.717) is 17.1 Å². The first-order valence-electron chi connectivity index (χ1n) is 10.6. The Labute approximate surface area is 198 Å². The second-order valence-electron chi connectivity index (χ2n) is 8.00. The molecule has 0 bridgehead atoms. The minimum absolute atomic E-state index is 0. The predicted octanol–water partition coefficient (Wildman–Crippen LogP) is 6.63. The first-order chi connectivity index (χ1) is 15.4. The molecule has 176 valence electrons. The van der Waals surface area contributed by atoms with E-state index in [-0.39, 0.29) is 12.4 Å². The van der Waals surface area contributed by atoms with Crippen LogP contribution in [0, 0.1) is 0 Å². The van der Waals surface area contributed by atoms with Crippen molar-refractivity contribution >= 4 is 28.8 Å². The lowest BCUT2D eigenvalue weighted by atomic mass is 9.97. The van der Waals surface area contributed by atoms with Gasteiger partial charge in [0.2, 0.25) is 0 Å². The highest BCUT2D eigenvalue weighted by molar-refractivity contribution is 5.86. The summed E-state index contributed by atoms with van der Waals surface area (Å²) < 4.78 is 49.8. The van der Waals surface area contributed by atoms with Gasteiger partial charge in [-0.2, -0.15) is 13.2 Å². The summed E-state index contributed by atoms with van der Waals surface area (Å²) in [5.41, 5.74) is 2.29. The Hall–Kier alpha value is -2.70. The van der Waals surface area contributed by atoms with Crippen LogP contribution in [0.25, 0.3) is 16.3 Å². The van der Waals surface area contributed by atoms with Crippen molar-refractivity contribution in [2.45, 2.75) is 19.0 Å². The van der Waals surface area contributed by atoms with Gasteiger partial charge in [0.25, 0.3) is 0 Å². The van der Waals surface area contributed by atoms with Gasteiger partial charge >= 0.3 is 6.18 Å². The van der Waals surface area contributed by atoms with Crippen molar-refractivity contribution in [3.63, 3.8) is 0 Å². The Morgan fingerprint density at radius 2 is 1.64 bits per heavy atom. The van der Waals surface area contributed by atoms with Gasteiger partial charge in [-0.15, -0.1) is 12.4 Å². The quantitative estimate of drug-likeness (QED) is 0.397. The van der Waals surface area contributed by atoms with Gasteiger partial charge in [-0.05, 0) is 64.6 Å². The molecule has 0 fully saturated rings. The average molecular weight is 478 g/mol. The molecule has 7 heteroatoms. The normalized spacial score (nSPS) is 14.5. The van der Waals surface area contributed by atoms with Crippen molar-refractivity contribution in [2.75, 3.05) is 33.9 Å². The molecule has 0 atom stereocenters. The highest BCUT2D eigenvalue weighted by Crippen LogP contribution is 2.33. The molecule has 0 saturated heterocycles. The van der Waals surface area contributed by atoms with Crippen molar-refractivity contribution in [3.05, 3.63) is 77.4 Å². The van der Waals surface area contributed by atoms with E-state index in [2.05, 4.69) is 29.2 Å². The summed E-state index contributed by atoms with van der Waals surface area (Å²) in [4.78, 5) is 2.33. The van der Waals surface area contributed by atoms with Crippen LogP contribution in [0.2, 0.25) is 0 Å². The molecule has 0 aromatic heterocycles. The van der Waals surface area contributed by atoms with E-state index in [4.69, 9.17) is 9.47 Å². The summed E-state index contributed by atoms with van der Waals surface area (Å²) in [6.07, 6.45) is -0.615. The fraction of sp³-hybridized carbons (Fsp3) is 0.308. The summed E-state index contributed by atoms with van der Waals surface area (Å²) in [5, 5.41) is 2.20. The fourth-order valence-corrected chi connectivity index (χ4v) is 4.14. The third-order valence-corrected chi connectivity index (χ3v) is 5.98. The molecule has 3 nitrogen and oxygen atoms in total. The molecule has 0 spiro atoms. The van der Waals surface area contributed by atoms with Crippen molar-refractivity contribution in [2.24, 2.45) is 0 Å². The van der Waals surface area contributed by atoms with Crippen LogP contribution >= 0.6 is 12.4 Å². The fourth-order valence-electron chi connectivity index (χ4n) is 4.14. The van der Waals surface area contributed by atoms with Crippen LogP contribution < -0.4 is 9.47 Å². The molecule has 0 unspecified atom stereocenters. The molecule has 1 heterocycles. The number of rotatable bonds is 6. The number of hydrogen-bond acceptors (Lipinski definition) is 3. The number of benzene rings is 3. The van der Waals surface area contributed by atoms with Gasteiger partial charge < -0.3 is 9.47 Å². The number of methoxy groups -OCH3 is 2. The highest BCUT2D eigenvalue weighted by Gasteiger charge is 2.30. The van der Waals surface area contributed by atoms with Crippen LogP contribution in [-0.4, -0.2) is 38.8 Å². The Bertz CT molecular complexity index is 1140. The van der Waals surface area contributed by atoms with Gasteiger partial charge in [0, 0.05) is 19.6 Å². The van der Waals surface area contributed by atoms with Crippen LogP contribution in [0.15, 0.2) is 60.7 Å². The summed E-state index contributed by atoms with van der Waals surface area (Å²) >= 11 is 0. The van der Waals surface area contributed by atoms with Gasteiger partial charge in [0.1, 0.15) is 0 Å². The van der Waals surface area contributed by atoms with E-state index >= 15 is 0 Å². The van der Waals surface area contributed by atoms with E-state index < -0.39 is 11.7 Å². The van der Waals surface area contributed by atoms with E-state index in [1.54, 1.807) is 20.3 Å². The van der Waals surface area contributed by atoms with Gasteiger partial charge in [-0.3, -0.25) is 4.90 Å². The van der Waals surface area contributed by atoms with Crippen LogP contribution in [-0.2, 0) is 12.6 Å². The predicted molar refractivity (Wildman–Crippen MR) is 128 cm³/mol. The van der Waals surface area contributed by atoms with E-state index in [1.165, 1.54) is 17.7 Å². The maximum absolute atomic E-state index is 13.0. The van der Waals surface area contributed by atoms with Gasteiger partial charge in [-0.1, -0.05) is 36.4 Å². The molecule has 1 aliphatic heterocycles. The minimum atomic E-state index is -4.31. The molecule has 3 aromatic rings. The first-order valence-corrected chi connectivity index (χ1v) is 10.6. The van der Waals surface area contributed by atoms with Crippen LogP contribution in [0.5, 0.6) is 11.5 Å². The van der Waals surface area contributed by atoms with Crippen LogP contribution in [0.1, 0.15) is 23.1 Å². The second kappa shape index (κ2) is 10.5. The number of alkyl halides is 3. The molecular formula is C26H27ClF3NO2. The summed E-state index contributed by atoms with van der Waals surface area (Å²) in [7, 11) is 3.26. The van der Waals surface area contributed by atoms with Crippen molar-refractivity contribution in [1.82, 2.24) is 4.90 Å². The van der Waals surface area contributed by atoms with E-state index in [1.807, 2.05) is 12.1 Å². The second-order valence-corrected chi connectivity index (χ2v) is 8.00. The smallest absolute Gasteiger partial charge is 0.416 e. The van der Waals surface area contributed by atoms with Crippen molar-refractivity contribution < 1.29 is 22.6 Å².